The molecular formula is C23H29F2N8O3S2-. The quantitative estimate of drug-likeness (QED) is 0.362. The van der Waals surface area contributed by atoms with Crippen LogP contribution in [0.3, 0.4) is 0 Å². The molecular weight excluding hydrogens is 538 g/mol. The van der Waals surface area contributed by atoms with Crippen molar-refractivity contribution in [2.45, 2.75) is 29.7 Å². The summed E-state index contributed by atoms with van der Waals surface area (Å²) in [6.07, 6.45) is 2.56. The van der Waals surface area contributed by atoms with Gasteiger partial charge in [-0.05, 0) is 57.2 Å². The number of nitriles is 1. The Bertz CT molecular complexity index is 1310. The van der Waals surface area contributed by atoms with E-state index in [1.54, 1.807) is 9.30 Å². The highest BCUT2D eigenvalue weighted by molar-refractivity contribution is 7.79. The number of hydrogen-bond donors (Lipinski definition) is 1. The Labute approximate surface area is 225 Å². The van der Waals surface area contributed by atoms with Crippen LogP contribution < -0.4 is 10.6 Å². The molecule has 5 rings (SSSR count). The van der Waals surface area contributed by atoms with E-state index in [2.05, 4.69) is 9.97 Å². The van der Waals surface area contributed by atoms with Crippen LogP contribution in [0.4, 0.5) is 14.6 Å². The first-order valence-electron chi connectivity index (χ1n) is 11.6. The number of rotatable bonds is 5. The van der Waals surface area contributed by atoms with Gasteiger partial charge < -0.3 is 25.0 Å². The second-order valence-electron chi connectivity index (χ2n) is 9.24. The van der Waals surface area contributed by atoms with Crippen LogP contribution in [-0.2, 0) is 15.9 Å². The third-order valence-electron chi connectivity index (χ3n) is 5.53. The Hall–Kier alpha value is -3.03. The van der Waals surface area contributed by atoms with Gasteiger partial charge in [0.05, 0.1) is 16.5 Å². The fourth-order valence-corrected chi connectivity index (χ4v) is 4.54. The van der Waals surface area contributed by atoms with Crippen molar-refractivity contribution in [2.24, 2.45) is 5.73 Å². The standard InChI is InChI=1S/C16H15F2N5O3S2.C4H6N2.C3H9N/c17-15(18)12-7-19-16(27-12)14-11-5-10(28(25)26)6-13(23(11)8-20-14)22-3-1-21(9-24)2-4-22;5-3-4(6)1-2-4;1-4(2)3/h5-9,15H,1-4H2,(H,25,26);1-2,6H2;1-3H3/p-1. The van der Waals surface area contributed by atoms with Crippen molar-refractivity contribution in [1.82, 2.24) is 24.2 Å². The van der Waals surface area contributed by atoms with E-state index in [0.717, 1.165) is 36.8 Å². The maximum Gasteiger partial charge on any atom is 0.274 e. The number of carbonyl (C=O) groups excluding carboxylic acids is 1. The summed E-state index contributed by atoms with van der Waals surface area (Å²) in [5.41, 5.74) is 5.69. The lowest BCUT2D eigenvalue weighted by atomic mass is 10.3. The molecule has 206 valence electrons. The first kappa shape index (κ1) is 29.5. The summed E-state index contributed by atoms with van der Waals surface area (Å²) in [5.74, 6) is 0.603. The normalized spacial score (nSPS) is 16.8. The Morgan fingerprint density at radius 3 is 2.32 bits per heavy atom. The fourth-order valence-electron chi connectivity index (χ4n) is 3.36. The van der Waals surface area contributed by atoms with Crippen molar-refractivity contribution in [2.75, 3.05) is 52.2 Å². The summed E-state index contributed by atoms with van der Waals surface area (Å²) in [7, 11) is 6.00. The number of alkyl halides is 2. The number of aromatic nitrogens is 3. The number of piperazine rings is 1. The third kappa shape index (κ3) is 7.51. The smallest absolute Gasteiger partial charge is 0.274 e. The Morgan fingerprint density at radius 2 is 1.87 bits per heavy atom. The van der Waals surface area contributed by atoms with Gasteiger partial charge in [-0.15, -0.1) is 11.3 Å². The van der Waals surface area contributed by atoms with Gasteiger partial charge in [0.1, 0.15) is 28.4 Å². The molecule has 1 unspecified atom stereocenters. The average Bonchev–Trinajstić information content (AvgIpc) is 3.26. The van der Waals surface area contributed by atoms with Gasteiger partial charge in [0.25, 0.3) is 6.43 Å². The molecule has 0 aromatic carbocycles. The summed E-state index contributed by atoms with van der Waals surface area (Å²) in [6.45, 7) is 2.09. The molecule has 1 aliphatic heterocycles. The van der Waals surface area contributed by atoms with Crippen molar-refractivity contribution >= 4 is 40.2 Å². The average molecular weight is 568 g/mol. The van der Waals surface area contributed by atoms with Gasteiger partial charge in [0.2, 0.25) is 6.41 Å². The zero-order valence-corrected chi connectivity index (χ0v) is 22.8. The van der Waals surface area contributed by atoms with E-state index >= 15 is 0 Å². The fraction of sp³-hybridized carbons (Fsp3) is 0.478. The first-order valence-corrected chi connectivity index (χ1v) is 13.5. The van der Waals surface area contributed by atoms with Crippen LogP contribution in [0.1, 0.15) is 24.1 Å². The number of fused-ring (bicyclic) bond motifs is 1. The minimum absolute atomic E-state index is 0.0627. The molecule has 1 saturated carbocycles. The van der Waals surface area contributed by atoms with Crippen LogP contribution in [0.5, 0.6) is 0 Å². The van der Waals surface area contributed by atoms with Crippen molar-refractivity contribution in [3.8, 4) is 16.8 Å². The second-order valence-corrected chi connectivity index (χ2v) is 11.2. The molecule has 3 aromatic heterocycles. The molecule has 2 fully saturated rings. The lowest BCUT2D eigenvalue weighted by Gasteiger charge is -2.34. The van der Waals surface area contributed by atoms with E-state index in [1.165, 1.54) is 18.5 Å². The molecule has 2 aliphatic rings. The number of amides is 1. The number of anilines is 1. The summed E-state index contributed by atoms with van der Waals surface area (Å²) in [4.78, 5) is 24.7. The molecule has 11 nitrogen and oxygen atoms in total. The zero-order chi connectivity index (χ0) is 28.0. The van der Waals surface area contributed by atoms with E-state index < -0.39 is 23.0 Å². The zero-order valence-electron chi connectivity index (χ0n) is 21.2. The summed E-state index contributed by atoms with van der Waals surface area (Å²) >= 11 is -1.66. The van der Waals surface area contributed by atoms with Gasteiger partial charge in [0, 0.05) is 37.3 Å². The number of halogens is 2. The van der Waals surface area contributed by atoms with Gasteiger partial charge in [-0.1, -0.05) is 0 Å². The highest BCUT2D eigenvalue weighted by Gasteiger charge is 2.38. The topological polar surface area (TPSA) is 147 Å². The minimum atomic E-state index is -2.63. The van der Waals surface area contributed by atoms with Crippen LogP contribution in [0.15, 0.2) is 29.6 Å². The number of carbonyl (C=O) groups is 1. The van der Waals surface area contributed by atoms with Gasteiger partial charge in [0.15, 0.2) is 0 Å². The van der Waals surface area contributed by atoms with Gasteiger partial charge in [-0.25, -0.2) is 18.7 Å². The monoisotopic (exact) mass is 567 g/mol. The van der Waals surface area contributed by atoms with Gasteiger partial charge >= 0.3 is 0 Å². The van der Waals surface area contributed by atoms with E-state index in [-0.39, 0.29) is 9.77 Å². The van der Waals surface area contributed by atoms with E-state index in [0.29, 0.717) is 48.2 Å². The molecule has 1 atom stereocenters. The molecule has 3 aromatic rings. The minimum Gasteiger partial charge on any atom is -0.768 e. The lowest BCUT2D eigenvalue weighted by Crippen LogP contribution is -2.46. The molecule has 38 heavy (non-hydrogen) atoms. The van der Waals surface area contributed by atoms with Gasteiger partial charge in [-0.3, -0.25) is 13.4 Å². The molecule has 1 amide bonds. The number of pyridine rings is 1. The molecule has 0 radical (unpaired) electrons. The van der Waals surface area contributed by atoms with Crippen LogP contribution in [-0.4, -0.2) is 92.2 Å². The van der Waals surface area contributed by atoms with E-state index in [1.807, 2.05) is 37.0 Å². The Morgan fingerprint density at radius 1 is 1.24 bits per heavy atom. The summed E-state index contributed by atoms with van der Waals surface area (Å²) in [5, 5.41) is 8.39. The number of thiazole rings is 1. The number of hydrogen-bond acceptors (Lipinski definition) is 10. The predicted molar refractivity (Wildman–Crippen MR) is 140 cm³/mol. The number of nitrogens with zero attached hydrogens (tertiary/aromatic N) is 7. The molecule has 15 heteroatoms. The summed E-state index contributed by atoms with van der Waals surface area (Å²) in [6, 6.07) is 4.97. The summed E-state index contributed by atoms with van der Waals surface area (Å²) < 4.78 is 50.8. The van der Waals surface area contributed by atoms with Crippen molar-refractivity contribution in [3.05, 3.63) is 29.5 Å². The molecule has 0 bridgehead atoms. The maximum absolute atomic E-state index is 12.9. The first-order chi connectivity index (χ1) is 18.0. The highest BCUT2D eigenvalue weighted by atomic mass is 32.2. The van der Waals surface area contributed by atoms with Crippen molar-refractivity contribution in [3.63, 3.8) is 0 Å². The van der Waals surface area contributed by atoms with Crippen molar-refractivity contribution in [1.29, 1.82) is 5.26 Å². The second kappa shape index (κ2) is 12.7. The SMILES string of the molecule is CN(C)C.N#CC1(N)CC1.O=CN1CCN(c2cc(S(=O)[O-])cc3c(-c4ncc(C(F)F)s4)ncn23)CC1. The lowest BCUT2D eigenvalue weighted by molar-refractivity contribution is -0.118. The van der Waals surface area contributed by atoms with Crippen LogP contribution in [0.2, 0.25) is 0 Å². The molecule has 4 heterocycles. The molecule has 1 aliphatic carbocycles. The Balaban J connectivity index is 0.000000338. The third-order valence-corrected chi connectivity index (χ3v) is 7.17. The number of imidazole rings is 1. The highest BCUT2D eigenvalue weighted by Crippen LogP contribution is 2.34. The largest absolute Gasteiger partial charge is 0.768 e. The van der Waals surface area contributed by atoms with E-state index in [4.69, 9.17) is 11.0 Å². The van der Waals surface area contributed by atoms with Crippen LogP contribution in [0.25, 0.3) is 16.2 Å². The Kier molecular flexibility index (Phi) is 9.85. The van der Waals surface area contributed by atoms with Crippen LogP contribution in [0, 0.1) is 11.3 Å². The van der Waals surface area contributed by atoms with Crippen LogP contribution >= 0.6 is 11.3 Å². The number of nitrogens with two attached hydrogens (primary N) is 1. The van der Waals surface area contributed by atoms with E-state index in [9.17, 15) is 22.3 Å². The van der Waals surface area contributed by atoms with Gasteiger partial charge in [-0.2, -0.15) is 5.26 Å². The molecule has 2 N–H and O–H groups in total. The maximum atomic E-state index is 12.9. The predicted octanol–water partition coefficient (Wildman–Crippen LogP) is 2.09. The molecule has 0 spiro atoms. The van der Waals surface area contributed by atoms with Crippen molar-refractivity contribution < 1.29 is 22.3 Å². The molecule has 1 saturated heterocycles.